The summed E-state index contributed by atoms with van der Waals surface area (Å²) in [4.78, 5) is 124. The van der Waals surface area contributed by atoms with Crippen molar-refractivity contribution in [3.05, 3.63) is 18.2 Å². The van der Waals surface area contributed by atoms with Crippen molar-refractivity contribution >= 4 is 100 Å². The van der Waals surface area contributed by atoms with Gasteiger partial charge in [0.1, 0.15) is 59.8 Å². The number of aliphatic hydroxyl groups is 1. The number of carboxylic acids is 1. The van der Waals surface area contributed by atoms with Gasteiger partial charge in [0.2, 0.25) is 47.3 Å². The van der Waals surface area contributed by atoms with E-state index in [1.54, 1.807) is 6.26 Å². The zero-order chi connectivity index (χ0) is 56.5. The molecule has 1 aliphatic rings. The Balaban J connectivity index is 2.25. The van der Waals surface area contributed by atoms with E-state index in [9.17, 15) is 63.6 Å². The summed E-state index contributed by atoms with van der Waals surface area (Å²) in [6, 6.07) is -6.79. The molecule has 0 aromatic heterocycles. The highest BCUT2D eigenvalue weighted by molar-refractivity contribution is 7.99. The Kier molecular flexibility index (Phi) is 30.3. The average Bonchev–Trinajstić information content (AvgIpc) is 3.85. The van der Waals surface area contributed by atoms with Gasteiger partial charge in [-0.1, -0.05) is 27.7 Å². The van der Waals surface area contributed by atoms with Crippen molar-refractivity contribution in [3.8, 4) is 11.5 Å². The number of nitrogens with zero attached hydrogens (tertiary/aromatic N) is 1. The highest BCUT2D eigenvalue weighted by Crippen LogP contribution is 2.32. The number of phenolic OH excluding ortho intramolecular Hbond substituents is 2. The first-order valence-electron chi connectivity index (χ1n) is 25.1. The Morgan fingerprint density at radius 1 is 0.627 bits per heavy atom. The molecular weight excluding hydrogens is 1050 g/mol. The van der Waals surface area contributed by atoms with Crippen molar-refractivity contribution < 1.29 is 63.6 Å². The van der Waals surface area contributed by atoms with Gasteiger partial charge in [0.25, 0.3) is 0 Å². The summed E-state index contributed by atoms with van der Waals surface area (Å²) in [5.41, 5.74) is 6.11. The number of rotatable bonds is 34. The molecule has 0 bridgehead atoms. The number of aromatic hydroxyl groups is 2. The third-order valence-corrected chi connectivity index (χ3v) is 15.0. The molecule has 10 atom stereocenters. The molecule has 22 nitrogen and oxygen atoms in total. The number of carboxylic acid groups (broad SMARTS) is 1. The minimum Gasteiger partial charge on any atom is -0.508 e. The highest BCUT2D eigenvalue weighted by Gasteiger charge is 2.41. The predicted molar refractivity (Wildman–Crippen MR) is 294 cm³/mol. The molecule has 0 unspecified atom stereocenters. The van der Waals surface area contributed by atoms with Crippen LogP contribution in [0.5, 0.6) is 11.5 Å². The first kappa shape index (κ1) is 66.5. The van der Waals surface area contributed by atoms with Crippen LogP contribution in [-0.2, 0) is 43.2 Å². The van der Waals surface area contributed by atoms with Gasteiger partial charge in [-0.2, -0.15) is 35.3 Å². The summed E-state index contributed by atoms with van der Waals surface area (Å²) >= 11 is 5.44. The summed E-state index contributed by atoms with van der Waals surface area (Å²) in [6.45, 7) is 10.0. The number of hydrogen-bond donors (Lipinski definition) is 12. The number of amides is 8. The van der Waals surface area contributed by atoms with Gasteiger partial charge in [-0.3, -0.25) is 38.4 Å². The number of thioether (sulfide) groups is 4. The molecule has 2 rings (SSSR count). The number of nitrogens with one attached hydrogen (secondary N) is 7. The summed E-state index contributed by atoms with van der Waals surface area (Å²) in [6.07, 6.45) is 5.51. The second-order valence-corrected chi connectivity index (χ2v) is 23.4. The van der Waals surface area contributed by atoms with Gasteiger partial charge in [0.15, 0.2) is 0 Å². The van der Waals surface area contributed by atoms with Crippen LogP contribution >= 0.6 is 47.0 Å². The highest BCUT2D eigenvalue weighted by atomic mass is 32.2. The minimum absolute atomic E-state index is 0.0278. The fourth-order valence-electron chi connectivity index (χ4n) is 7.85. The summed E-state index contributed by atoms with van der Waals surface area (Å²) < 4.78 is 0. The van der Waals surface area contributed by atoms with Crippen molar-refractivity contribution in [2.45, 2.75) is 158 Å². The van der Waals surface area contributed by atoms with Crippen LogP contribution in [0, 0.1) is 11.8 Å². The number of aliphatic carboxylic acids is 1. The number of carbonyl (C=O) groups excluding carboxylic acids is 8. The van der Waals surface area contributed by atoms with E-state index in [0.717, 1.165) is 11.8 Å². The summed E-state index contributed by atoms with van der Waals surface area (Å²) in [7, 11) is 0. The maximum atomic E-state index is 14.2. The Hall–Kier alpha value is -4.63. The molecule has 1 aromatic rings. The maximum Gasteiger partial charge on any atom is 0.326 e. The van der Waals surface area contributed by atoms with Crippen molar-refractivity contribution in [1.29, 1.82) is 0 Å². The van der Waals surface area contributed by atoms with Gasteiger partial charge < -0.3 is 68.3 Å². The molecule has 424 valence electrons. The zero-order valence-electron chi connectivity index (χ0n) is 44.5. The molecular formula is C49H81N9O13S4. The molecule has 13 N–H and O–H groups in total. The number of nitrogens with two attached hydrogens (primary N) is 1. The lowest BCUT2D eigenvalue weighted by molar-refractivity contribution is -0.144. The fraction of sp³-hybridized carbons (Fsp3) is 0.694. The fourth-order valence-corrected chi connectivity index (χ4v) is 10.3. The van der Waals surface area contributed by atoms with Gasteiger partial charge in [-0.25, -0.2) is 4.79 Å². The number of benzene rings is 1. The van der Waals surface area contributed by atoms with Crippen LogP contribution in [0.25, 0.3) is 0 Å². The first-order valence-corrected chi connectivity index (χ1v) is 30.2. The van der Waals surface area contributed by atoms with E-state index < -0.39 is 114 Å². The minimum atomic E-state index is -1.58. The maximum absolute atomic E-state index is 14.2. The lowest BCUT2D eigenvalue weighted by Gasteiger charge is -2.32. The van der Waals surface area contributed by atoms with E-state index >= 15 is 0 Å². The van der Waals surface area contributed by atoms with E-state index in [1.807, 2.05) is 40.2 Å². The van der Waals surface area contributed by atoms with Crippen LogP contribution in [-0.4, -0.2) is 187 Å². The van der Waals surface area contributed by atoms with E-state index in [0.29, 0.717) is 35.0 Å². The summed E-state index contributed by atoms with van der Waals surface area (Å²) in [5, 5.41) is 59.2. The number of phenols is 2. The summed E-state index contributed by atoms with van der Waals surface area (Å²) in [5.74, 6) is -5.71. The largest absolute Gasteiger partial charge is 0.508 e. The zero-order valence-corrected chi connectivity index (χ0v) is 47.7. The third-order valence-electron chi connectivity index (χ3n) is 12.0. The molecule has 1 fully saturated rings. The van der Waals surface area contributed by atoms with Crippen molar-refractivity contribution in [1.82, 2.24) is 42.1 Å². The lowest BCUT2D eigenvalue weighted by Crippen LogP contribution is -2.61. The second-order valence-electron chi connectivity index (χ2n) is 19.3. The Morgan fingerprint density at radius 2 is 1.11 bits per heavy atom. The normalized spacial score (nSPS) is 17.0. The van der Waals surface area contributed by atoms with Gasteiger partial charge in [-0.05, 0) is 131 Å². The number of likely N-dealkylation sites (tertiary alicyclic amines) is 1. The van der Waals surface area contributed by atoms with Crippen molar-refractivity contribution in [2.75, 3.05) is 48.3 Å². The Labute approximate surface area is 457 Å². The molecule has 0 saturated carbocycles. The third kappa shape index (κ3) is 23.2. The van der Waals surface area contributed by atoms with Crippen LogP contribution in [0.3, 0.4) is 0 Å². The molecule has 1 heterocycles. The molecule has 1 aromatic carbocycles. The monoisotopic (exact) mass is 1130 g/mol. The van der Waals surface area contributed by atoms with Crippen LogP contribution < -0.4 is 43.0 Å². The molecule has 0 spiro atoms. The predicted octanol–water partition coefficient (Wildman–Crippen LogP) is 1.13. The van der Waals surface area contributed by atoms with Gasteiger partial charge in [0, 0.05) is 12.3 Å². The van der Waals surface area contributed by atoms with Crippen molar-refractivity contribution in [2.24, 2.45) is 17.6 Å². The molecule has 75 heavy (non-hydrogen) atoms. The van der Waals surface area contributed by atoms with E-state index in [2.05, 4.69) is 37.2 Å². The van der Waals surface area contributed by atoms with Crippen molar-refractivity contribution in [3.63, 3.8) is 0 Å². The Morgan fingerprint density at radius 3 is 1.65 bits per heavy atom. The second kappa shape index (κ2) is 34.2. The van der Waals surface area contributed by atoms with Gasteiger partial charge in [0.05, 0.1) is 17.0 Å². The smallest absolute Gasteiger partial charge is 0.326 e. The number of carbonyl (C=O) groups is 9. The van der Waals surface area contributed by atoms with E-state index in [-0.39, 0.29) is 74.2 Å². The molecule has 26 heteroatoms. The molecule has 8 amide bonds. The van der Waals surface area contributed by atoms with Crippen LogP contribution in [0.1, 0.15) is 92.9 Å². The molecule has 1 aliphatic heterocycles. The molecule has 0 radical (unpaired) electrons. The van der Waals surface area contributed by atoms with E-state index in [1.165, 1.54) is 72.2 Å². The van der Waals surface area contributed by atoms with Crippen LogP contribution in [0.2, 0.25) is 0 Å². The van der Waals surface area contributed by atoms with Crippen LogP contribution in [0.4, 0.5) is 0 Å². The molecule has 0 aliphatic carbocycles. The topological polar surface area (TPSA) is 348 Å². The standard InChI is InChI=1S/C49H81N9O13S4/c1-26(2)23-35(45(66)54-34(49(70)71)16-21-74-9)55-46(67)36(24-27(3)4)56-47(68)37-11-10-18-58(37)48(69)40(29(6)59)57-41(62)28(5)51-43(64)32(15-20-73-8)53-44(65)33(52-42(63)31(50)14-19-72-7)17-22-75-39-25-30(60)12-13-38(39)61/h12-13,25-29,31-37,40,59-61H,10-11,14-24,50H2,1-9H3,(H,51,64)(H,52,63)(H,53,65)(H,54,66)(H,55,67)(H,56,68)(H,57,62)(H,70,71)/t28-,29+,31-,32-,33-,34-,35-,36-,37-,40-/m0/s1. The Bertz CT molecular complexity index is 2070. The quantitative estimate of drug-likeness (QED) is 0.0340. The first-order chi connectivity index (χ1) is 35.3. The van der Waals surface area contributed by atoms with E-state index in [4.69, 9.17) is 5.73 Å². The number of hydrogen-bond acceptors (Lipinski definition) is 17. The molecule has 1 saturated heterocycles. The van der Waals surface area contributed by atoms with Gasteiger partial charge >= 0.3 is 5.97 Å². The van der Waals surface area contributed by atoms with Gasteiger partial charge in [-0.15, -0.1) is 11.8 Å². The lowest BCUT2D eigenvalue weighted by atomic mass is 9.99. The number of aliphatic hydroxyl groups excluding tert-OH is 1. The average molecular weight is 1130 g/mol. The SMILES string of the molecule is CSCC[C@H](NC(=O)[C@H](CC(C)C)NC(=O)[C@H](CC(C)C)NC(=O)[C@@H]1CCCN1C(=O)[C@@H](NC(=O)[C@H](C)NC(=O)[C@H](CCSC)NC(=O)[C@H](CCSc1cc(O)ccc1O)NC(=O)[C@@H](N)CCSC)[C@@H](C)O)C(=O)O. The van der Waals surface area contributed by atoms with Crippen LogP contribution in [0.15, 0.2) is 23.1 Å².